The maximum atomic E-state index is 14.6. The van der Waals surface area contributed by atoms with Gasteiger partial charge in [-0.3, -0.25) is 13.9 Å². The van der Waals surface area contributed by atoms with Gasteiger partial charge in [-0.25, -0.2) is 8.42 Å². The van der Waals surface area contributed by atoms with Crippen molar-refractivity contribution in [3.05, 3.63) is 125 Å². The molecule has 4 rings (SSSR count). The molecule has 0 bridgehead atoms. The Hall–Kier alpha value is -4.15. The number of nitrogens with zero attached hydrogens (tertiary/aromatic N) is 2. The van der Waals surface area contributed by atoms with Gasteiger partial charge in [0, 0.05) is 23.0 Å². The Morgan fingerprint density at radius 2 is 1.40 bits per heavy atom. The van der Waals surface area contributed by atoms with Crippen molar-refractivity contribution in [1.82, 2.24) is 10.2 Å². The molecular formula is C35H38BrN3O5S. The fourth-order valence-electron chi connectivity index (χ4n) is 4.86. The van der Waals surface area contributed by atoms with Gasteiger partial charge < -0.3 is 15.0 Å². The van der Waals surface area contributed by atoms with Crippen LogP contribution in [0.25, 0.3) is 0 Å². The van der Waals surface area contributed by atoms with Crippen molar-refractivity contribution in [2.45, 2.75) is 50.2 Å². The SMILES string of the molecule is COc1ccccc1N(CC(=O)N(Cc1ccc(Br)cc1)C(Cc1ccccc1)C(=O)NC(C)(C)C)S(=O)(=O)c1ccccc1. The zero-order valence-electron chi connectivity index (χ0n) is 25.8. The third-order valence-corrected chi connectivity index (χ3v) is 9.30. The van der Waals surface area contributed by atoms with Crippen molar-refractivity contribution in [1.29, 1.82) is 0 Å². The van der Waals surface area contributed by atoms with E-state index < -0.39 is 34.1 Å². The van der Waals surface area contributed by atoms with Crippen molar-refractivity contribution in [2.24, 2.45) is 0 Å². The van der Waals surface area contributed by atoms with Gasteiger partial charge in [-0.15, -0.1) is 0 Å². The number of rotatable bonds is 12. The molecule has 1 unspecified atom stereocenters. The second-order valence-electron chi connectivity index (χ2n) is 11.6. The van der Waals surface area contributed by atoms with Crippen LogP contribution in [-0.2, 0) is 32.6 Å². The van der Waals surface area contributed by atoms with Crippen LogP contribution in [0.3, 0.4) is 0 Å². The molecule has 0 spiro atoms. The summed E-state index contributed by atoms with van der Waals surface area (Å²) >= 11 is 3.46. The van der Waals surface area contributed by atoms with Crippen LogP contribution in [0.4, 0.5) is 5.69 Å². The van der Waals surface area contributed by atoms with Crippen LogP contribution in [0, 0.1) is 0 Å². The molecule has 0 saturated carbocycles. The van der Waals surface area contributed by atoms with E-state index in [1.807, 2.05) is 75.4 Å². The van der Waals surface area contributed by atoms with Crippen molar-refractivity contribution < 1.29 is 22.7 Å². The number of hydrogen-bond donors (Lipinski definition) is 1. The van der Waals surface area contributed by atoms with Crippen molar-refractivity contribution in [3.63, 3.8) is 0 Å². The van der Waals surface area contributed by atoms with Gasteiger partial charge in [-0.05, 0) is 68.3 Å². The highest BCUT2D eigenvalue weighted by atomic mass is 79.9. The average molecular weight is 693 g/mol. The third kappa shape index (κ3) is 8.95. The molecule has 236 valence electrons. The van der Waals surface area contributed by atoms with Crippen LogP contribution in [-0.4, -0.2) is 50.4 Å². The number of carbonyl (C=O) groups excluding carboxylic acids is 2. The standard InChI is InChI=1S/C35H38BrN3O5S/c1-35(2,3)37-34(41)31(23-26-13-7-5-8-14-26)38(24-27-19-21-28(36)22-20-27)33(40)25-39(30-17-11-12-18-32(30)44-4)45(42,43)29-15-9-6-10-16-29/h5-22,31H,23-25H2,1-4H3,(H,37,41). The lowest BCUT2D eigenvalue weighted by Gasteiger charge is -2.35. The second-order valence-corrected chi connectivity index (χ2v) is 14.4. The van der Waals surface area contributed by atoms with E-state index in [2.05, 4.69) is 21.2 Å². The fraction of sp³-hybridized carbons (Fsp3) is 0.257. The Labute approximate surface area is 274 Å². The molecule has 0 fully saturated rings. The molecule has 2 amide bonds. The largest absolute Gasteiger partial charge is 0.495 e. The second kappa shape index (κ2) is 14.8. The Morgan fingerprint density at radius 3 is 2.00 bits per heavy atom. The highest BCUT2D eigenvalue weighted by Crippen LogP contribution is 2.32. The van der Waals surface area contributed by atoms with Crippen LogP contribution in [0.15, 0.2) is 119 Å². The Morgan fingerprint density at radius 1 is 0.822 bits per heavy atom. The maximum absolute atomic E-state index is 14.6. The Bertz CT molecular complexity index is 1690. The first-order valence-corrected chi connectivity index (χ1v) is 16.7. The summed E-state index contributed by atoms with van der Waals surface area (Å²) in [5.74, 6) is -0.601. The maximum Gasteiger partial charge on any atom is 0.264 e. The summed E-state index contributed by atoms with van der Waals surface area (Å²) in [4.78, 5) is 30.0. The van der Waals surface area contributed by atoms with E-state index in [4.69, 9.17) is 4.74 Å². The van der Waals surface area contributed by atoms with E-state index in [0.29, 0.717) is 0 Å². The predicted octanol–water partition coefficient (Wildman–Crippen LogP) is 6.21. The lowest BCUT2D eigenvalue weighted by Crippen LogP contribution is -2.56. The minimum absolute atomic E-state index is 0.0227. The number of para-hydroxylation sites is 2. The molecular weight excluding hydrogens is 654 g/mol. The first-order valence-electron chi connectivity index (χ1n) is 14.5. The monoisotopic (exact) mass is 691 g/mol. The number of benzene rings is 4. The molecule has 45 heavy (non-hydrogen) atoms. The van der Waals surface area contributed by atoms with E-state index in [-0.39, 0.29) is 35.2 Å². The molecule has 8 nitrogen and oxygen atoms in total. The zero-order valence-corrected chi connectivity index (χ0v) is 28.2. The first-order chi connectivity index (χ1) is 21.4. The number of halogens is 1. The predicted molar refractivity (Wildman–Crippen MR) is 180 cm³/mol. The number of sulfonamides is 1. The molecule has 10 heteroatoms. The van der Waals surface area contributed by atoms with Gasteiger partial charge in [0.25, 0.3) is 10.0 Å². The normalized spacial score (nSPS) is 12.2. The molecule has 0 radical (unpaired) electrons. The van der Waals surface area contributed by atoms with Crippen LogP contribution in [0.5, 0.6) is 5.75 Å². The molecule has 1 N–H and O–H groups in total. The number of hydrogen-bond acceptors (Lipinski definition) is 5. The molecule has 0 aliphatic carbocycles. The molecule has 0 aliphatic heterocycles. The molecule has 4 aromatic carbocycles. The van der Waals surface area contributed by atoms with Crippen LogP contribution in [0.1, 0.15) is 31.9 Å². The topological polar surface area (TPSA) is 96.0 Å². The third-order valence-electron chi connectivity index (χ3n) is 7.00. The van der Waals surface area contributed by atoms with Gasteiger partial charge >= 0.3 is 0 Å². The van der Waals surface area contributed by atoms with Crippen molar-refractivity contribution >= 4 is 43.5 Å². The van der Waals surface area contributed by atoms with Gasteiger partial charge in [0.2, 0.25) is 11.8 Å². The fourth-order valence-corrected chi connectivity index (χ4v) is 6.57. The number of anilines is 1. The number of ether oxygens (including phenoxy) is 1. The summed E-state index contributed by atoms with van der Waals surface area (Å²) in [7, 11) is -2.78. The minimum Gasteiger partial charge on any atom is -0.495 e. The van der Waals surface area contributed by atoms with E-state index in [9.17, 15) is 18.0 Å². The van der Waals surface area contributed by atoms with E-state index in [1.54, 1.807) is 42.5 Å². The highest BCUT2D eigenvalue weighted by Gasteiger charge is 2.36. The van der Waals surface area contributed by atoms with Crippen LogP contribution in [0.2, 0.25) is 0 Å². The Kier molecular flexibility index (Phi) is 11.1. The van der Waals surface area contributed by atoms with E-state index in [0.717, 1.165) is 19.9 Å². The van der Waals surface area contributed by atoms with Gasteiger partial charge in [-0.2, -0.15) is 0 Å². The van der Waals surface area contributed by atoms with E-state index in [1.165, 1.54) is 24.1 Å². The summed E-state index contributed by atoms with van der Waals surface area (Å²) < 4.78 is 35.8. The lowest BCUT2D eigenvalue weighted by atomic mass is 10.0. The summed E-state index contributed by atoms with van der Waals surface area (Å²) in [6.07, 6.45) is 0.227. The Balaban J connectivity index is 1.83. The molecule has 0 heterocycles. The van der Waals surface area contributed by atoms with Crippen molar-refractivity contribution in [2.75, 3.05) is 18.0 Å². The van der Waals surface area contributed by atoms with Gasteiger partial charge in [0.15, 0.2) is 0 Å². The number of carbonyl (C=O) groups is 2. The zero-order chi connectivity index (χ0) is 32.6. The smallest absolute Gasteiger partial charge is 0.264 e. The van der Waals surface area contributed by atoms with E-state index >= 15 is 0 Å². The van der Waals surface area contributed by atoms with Crippen molar-refractivity contribution in [3.8, 4) is 5.75 Å². The summed E-state index contributed by atoms with van der Waals surface area (Å²) in [6.45, 7) is 5.14. The lowest BCUT2D eigenvalue weighted by molar-refractivity contribution is -0.140. The van der Waals surface area contributed by atoms with Gasteiger partial charge in [-0.1, -0.05) is 88.7 Å². The first kappa shape index (κ1) is 33.7. The van der Waals surface area contributed by atoms with Gasteiger partial charge in [0.05, 0.1) is 17.7 Å². The molecule has 0 saturated heterocycles. The molecule has 1 atom stereocenters. The summed E-state index contributed by atoms with van der Waals surface area (Å²) in [6, 6.07) is 30.6. The molecule has 0 aromatic heterocycles. The molecule has 0 aliphatic rings. The van der Waals surface area contributed by atoms with Crippen LogP contribution >= 0.6 is 15.9 Å². The highest BCUT2D eigenvalue weighted by molar-refractivity contribution is 9.10. The summed E-state index contributed by atoms with van der Waals surface area (Å²) in [5, 5.41) is 3.04. The number of methoxy groups -OCH3 is 1. The van der Waals surface area contributed by atoms with Crippen LogP contribution < -0.4 is 14.4 Å². The minimum atomic E-state index is -4.23. The number of amides is 2. The van der Waals surface area contributed by atoms with Gasteiger partial charge in [0.1, 0.15) is 18.3 Å². The quantitative estimate of drug-likeness (QED) is 0.191. The molecule has 4 aromatic rings. The average Bonchev–Trinajstić information content (AvgIpc) is 3.02. The summed E-state index contributed by atoms with van der Waals surface area (Å²) in [5.41, 5.74) is 1.28. The number of nitrogens with one attached hydrogen (secondary N) is 1.